The Morgan fingerprint density at radius 3 is 1.27 bits per heavy atom. The highest BCUT2D eigenvalue weighted by Gasteiger charge is 2.17. The molecule has 0 aromatic carbocycles. The van der Waals surface area contributed by atoms with Gasteiger partial charge in [-0.3, -0.25) is 0 Å². The normalized spacial score (nSPS) is 17.5. The summed E-state index contributed by atoms with van der Waals surface area (Å²) in [4.78, 5) is 0. The Bertz CT molecular complexity index is 87.7. The van der Waals surface area contributed by atoms with Crippen LogP contribution in [0.25, 0.3) is 0 Å². The van der Waals surface area contributed by atoms with Gasteiger partial charge in [-0.2, -0.15) is 0 Å². The molecule has 0 aliphatic rings. The predicted molar refractivity (Wildman–Crippen MR) is 53.6 cm³/mol. The molecule has 0 nitrogen and oxygen atoms in total. The van der Waals surface area contributed by atoms with Crippen molar-refractivity contribution in [1.29, 1.82) is 0 Å². The lowest BCUT2D eigenvalue weighted by atomic mass is 10.00. The van der Waals surface area contributed by atoms with Gasteiger partial charge < -0.3 is 0 Å². The summed E-state index contributed by atoms with van der Waals surface area (Å²) in [6.07, 6.45) is 0.915. The van der Waals surface area contributed by atoms with Crippen LogP contribution in [0.3, 0.4) is 0 Å². The van der Waals surface area contributed by atoms with Gasteiger partial charge in [0.05, 0.1) is 0 Å². The van der Waals surface area contributed by atoms with Crippen molar-refractivity contribution in [2.75, 3.05) is 0 Å². The van der Waals surface area contributed by atoms with Crippen molar-refractivity contribution in [1.82, 2.24) is 0 Å². The Morgan fingerprint density at radius 2 is 1.09 bits per heavy atom. The number of hydrogen-bond acceptors (Lipinski definition) is 0. The SMILES string of the molecule is CC(C)C(Cl)CC(Cl)C(C)C. The lowest BCUT2D eigenvalue weighted by molar-refractivity contribution is 0.494. The average molecular weight is 197 g/mol. The molecule has 0 fully saturated rings. The maximum absolute atomic E-state index is 6.07. The van der Waals surface area contributed by atoms with E-state index in [1.807, 2.05) is 0 Å². The minimum Gasteiger partial charge on any atom is -0.123 e. The second-order valence-electron chi connectivity index (χ2n) is 3.76. The Balaban J connectivity index is 3.66. The summed E-state index contributed by atoms with van der Waals surface area (Å²) >= 11 is 12.1. The lowest BCUT2D eigenvalue weighted by Gasteiger charge is -2.19. The number of halogens is 2. The summed E-state index contributed by atoms with van der Waals surface area (Å²) in [5.74, 6) is 1.05. The molecule has 0 aliphatic carbocycles. The Labute approximate surface area is 80.3 Å². The quantitative estimate of drug-likeness (QED) is 0.599. The average Bonchev–Trinajstić information content (AvgIpc) is 1.87. The van der Waals surface area contributed by atoms with E-state index in [1.54, 1.807) is 0 Å². The first-order valence-electron chi connectivity index (χ1n) is 4.23. The first-order valence-corrected chi connectivity index (χ1v) is 5.10. The standard InChI is InChI=1S/C9H18Cl2/c1-6(2)8(10)5-9(11)7(3)4/h6-9H,5H2,1-4H3. The maximum Gasteiger partial charge on any atom is 0.0373 e. The predicted octanol–water partition coefficient (Wildman–Crippen LogP) is 3.90. The van der Waals surface area contributed by atoms with Crippen LogP contribution in [0.2, 0.25) is 0 Å². The van der Waals surface area contributed by atoms with Crippen molar-refractivity contribution in [2.45, 2.75) is 44.9 Å². The van der Waals surface area contributed by atoms with Crippen molar-refractivity contribution < 1.29 is 0 Å². The molecule has 0 aromatic heterocycles. The number of alkyl halides is 2. The first-order chi connectivity index (χ1) is 4.95. The second-order valence-corrected chi connectivity index (χ2v) is 4.88. The van der Waals surface area contributed by atoms with Crippen LogP contribution < -0.4 is 0 Å². The van der Waals surface area contributed by atoms with Gasteiger partial charge in [0, 0.05) is 10.8 Å². The zero-order valence-corrected chi connectivity index (χ0v) is 9.28. The van der Waals surface area contributed by atoms with Gasteiger partial charge in [-0.05, 0) is 18.3 Å². The zero-order chi connectivity index (χ0) is 9.02. The van der Waals surface area contributed by atoms with E-state index in [9.17, 15) is 0 Å². The fourth-order valence-corrected chi connectivity index (χ4v) is 1.23. The molecule has 0 bridgehead atoms. The van der Waals surface area contributed by atoms with E-state index >= 15 is 0 Å². The molecule has 2 unspecified atom stereocenters. The third kappa shape index (κ3) is 4.92. The van der Waals surface area contributed by atoms with E-state index in [0.29, 0.717) is 11.8 Å². The highest BCUT2D eigenvalue weighted by molar-refractivity contribution is 6.23. The zero-order valence-electron chi connectivity index (χ0n) is 7.77. The minimum absolute atomic E-state index is 0.222. The Kier molecular flexibility index (Phi) is 5.54. The van der Waals surface area contributed by atoms with Crippen LogP contribution in [0.15, 0.2) is 0 Å². The molecular formula is C9H18Cl2. The minimum atomic E-state index is 0.222. The molecule has 2 heteroatoms. The summed E-state index contributed by atoms with van der Waals surface area (Å²) < 4.78 is 0. The summed E-state index contributed by atoms with van der Waals surface area (Å²) in [5, 5.41) is 0.444. The van der Waals surface area contributed by atoms with Crippen molar-refractivity contribution >= 4 is 23.2 Å². The number of hydrogen-bond donors (Lipinski definition) is 0. The molecule has 0 amide bonds. The molecule has 0 aromatic rings. The topological polar surface area (TPSA) is 0 Å². The van der Waals surface area contributed by atoms with Crippen molar-refractivity contribution in [2.24, 2.45) is 11.8 Å². The Morgan fingerprint density at radius 1 is 0.818 bits per heavy atom. The van der Waals surface area contributed by atoms with Crippen LogP contribution >= 0.6 is 23.2 Å². The molecule has 2 atom stereocenters. The van der Waals surface area contributed by atoms with Gasteiger partial charge in [-0.25, -0.2) is 0 Å². The molecule has 0 rings (SSSR count). The van der Waals surface area contributed by atoms with Crippen molar-refractivity contribution in [3.63, 3.8) is 0 Å². The van der Waals surface area contributed by atoms with E-state index in [0.717, 1.165) is 6.42 Å². The largest absolute Gasteiger partial charge is 0.123 e. The first kappa shape index (κ1) is 11.6. The fourth-order valence-electron chi connectivity index (χ4n) is 0.759. The van der Waals surface area contributed by atoms with E-state index < -0.39 is 0 Å². The molecular weight excluding hydrogens is 179 g/mol. The van der Waals surface area contributed by atoms with Crippen LogP contribution in [0, 0.1) is 11.8 Å². The molecule has 68 valence electrons. The highest BCUT2D eigenvalue weighted by atomic mass is 35.5. The molecule has 0 N–H and O–H groups in total. The monoisotopic (exact) mass is 196 g/mol. The molecule has 0 heterocycles. The maximum atomic E-state index is 6.07. The van der Waals surface area contributed by atoms with Crippen molar-refractivity contribution in [3.05, 3.63) is 0 Å². The molecule has 0 spiro atoms. The number of rotatable bonds is 4. The molecule has 0 saturated heterocycles. The summed E-state index contributed by atoms with van der Waals surface area (Å²) in [7, 11) is 0. The van der Waals surface area contributed by atoms with Crippen LogP contribution in [0.4, 0.5) is 0 Å². The highest BCUT2D eigenvalue weighted by Crippen LogP contribution is 2.22. The summed E-state index contributed by atoms with van der Waals surface area (Å²) in [6.45, 7) is 8.51. The van der Waals surface area contributed by atoms with Gasteiger partial charge in [-0.15, -0.1) is 23.2 Å². The molecule has 0 radical (unpaired) electrons. The van der Waals surface area contributed by atoms with E-state index in [-0.39, 0.29) is 10.8 Å². The third-order valence-electron chi connectivity index (χ3n) is 1.90. The molecule has 0 aliphatic heterocycles. The molecule has 0 saturated carbocycles. The van der Waals surface area contributed by atoms with Gasteiger partial charge in [-0.1, -0.05) is 27.7 Å². The summed E-state index contributed by atoms with van der Waals surface area (Å²) in [5.41, 5.74) is 0. The Hall–Kier alpha value is 0.580. The second kappa shape index (κ2) is 5.27. The van der Waals surface area contributed by atoms with Crippen LogP contribution in [0.5, 0.6) is 0 Å². The van der Waals surface area contributed by atoms with Gasteiger partial charge >= 0.3 is 0 Å². The van der Waals surface area contributed by atoms with Gasteiger partial charge in [0.2, 0.25) is 0 Å². The van der Waals surface area contributed by atoms with Gasteiger partial charge in [0.15, 0.2) is 0 Å². The smallest absolute Gasteiger partial charge is 0.0373 e. The van der Waals surface area contributed by atoms with E-state index in [2.05, 4.69) is 27.7 Å². The van der Waals surface area contributed by atoms with Crippen LogP contribution in [0.1, 0.15) is 34.1 Å². The van der Waals surface area contributed by atoms with Crippen molar-refractivity contribution in [3.8, 4) is 0 Å². The van der Waals surface area contributed by atoms with Gasteiger partial charge in [0.25, 0.3) is 0 Å². The van der Waals surface area contributed by atoms with E-state index in [1.165, 1.54) is 0 Å². The van der Waals surface area contributed by atoms with Gasteiger partial charge in [0.1, 0.15) is 0 Å². The lowest BCUT2D eigenvalue weighted by Crippen LogP contribution is -2.18. The fraction of sp³-hybridized carbons (Fsp3) is 1.00. The summed E-state index contributed by atoms with van der Waals surface area (Å²) in [6, 6.07) is 0. The third-order valence-corrected chi connectivity index (χ3v) is 3.26. The van der Waals surface area contributed by atoms with Crippen LogP contribution in [-0.4, -0.2) is 10.8 Å². The van der Waals surface area contributed by atoms with E-state index in [4.69, 9.17) is 23.2 Å². The van der Waals surface area contributed by atoms with Crippen LogP contribution in [-0.2, 0) is 0 Å². The molecule has 11 heavy (non-hydrogen) atoms.